The summed E-state index contributed by atoms with van der Waals surface area (Å²) < 4.78 is 0. The number of hydrogen-bond donors (Lipinski definition) is 1. The molecule has 1 heteroatoms. The zero-order valence-electron chi connectivity index (χ0n) is 9.88. The normalized spacial score (nSPS) is 21.9. The highest BCUT2D eigenvalue weighted by atomic mass is 14.9. The smallest absolute Gasteiger partial charge is 0.0290 e. The van der Waals surface area contributed by atoms with Crippen LogP contribution in [0.1, 0.15) is 40.5 Å². The van der Waals surface area contributed by atoms with Crippen molar-refractivity contribution >= 4 is 0 Å². The topological polar surface area (TPSA) is 12.0 Å². The third-order valence-corrected chi connectivity index (χ3v) is 2.37. The lowest BCUT2D eigenvalue weighted by molar-refractivity contribution is 0.520. The first-order chi connectivity index (χ1) is 6.58. The maximum absolute atomic E-state index is 3.52. The summed E-state index contributed by atoms with van der Waals surface area (Å²) in [7, 11) is 0. The Labute approximate surface area is 88.3 Å². The molecule has 0 saturated carbocycles. The molecule has 0 aromatic heterocycles. The Morgan fingerprint density at radius 2 is 2.07 bits per heavy atom. The van der Waals surface area contributed by atoms with Crippen LogP contribution in [0.2, 0.25) is 0 Å². The van der Waals surface area contributed by atoms with E-state index in [0.29, 0.717) is 12.1 Å². The highest BCUT2D eigenvalue weighted by Gasteiger charge is 2.09. The predicted molar refractivity (Wildman–Crippen MR) is 63.4 cm³/mol. The standard InChI is InChI=1S/C13H23N/c1-10(2)9-12-5-7-13(8-6-12)14-11(3)4/h5-7,10-11,13-14H,8-9H2,1-4H3. The van der Waals surface area contributed by atoms with Gasteiger partial charge in [0, 0.05) is 12.1 Å². The molecule has 1 unspecified atom stereocenters. The van der Waals surface area contributed by atoms with E-state index >= 15 is 0 Å². The molecule has 0 spiro atoms. The molecule has 1 atom stereocenters. The van der Waals surface area contributed by atoms with Gasteiger partial charge in [-0.1, -0.05) is 51.5 Å². The molecule has 0 amide bonds. The molecule has 0 aromatic carbocycles. The summed E-state index contributed by atoms with van der Waals surface area (Å²) in [6.45, 7) is 8.93. The Bertz CT molecular complexity index is 223. The van der Waals surface area contributed by atoms with Gasteiger partial charge in [-0.2, -0.15) is 0 Å². The summed E-state index contributed by atoms with van der Waals surface area (Å²) in [6.07, 6.45) is 9.32. The van der Waals surface area contributed by atoms with Crippen molar-refractivity contribution in [2.24, 2.45) is 5.92 Å². The van der Waals surface area contributed by atoms with Crippen LogP contribution in [0.3, 0.4) is 0 Å². The van der Waals surface area contributed by atoms with Crippen LogP contribution >= 0.6 is 0 Å². The van der Waals surface area contributed by atoms with Crippen molar-refractivity contribution in [1.82, 2.24) is 5.32 Å². The molecular weight excluding hydrogens is 170 g/mol. The van der Waals surface area contributed by atoms with Crippen molar-refractivity contribution in [1.29, 1.82) is 0 Å². The maximum Gasteiger partial charge on any atom is 0.0290 e. The molecular formula is C13H23N. The summed E-state index contributed by atoms with van der Waals surface area (Å²) in [5, 5.41) is 3.52. The highest BCUT2D eigenvalue weighted by Crippen LogP contribution is 2.18. The number of nitrogens with one attached hydrogen (secondary N) is 1. The molecule has 0 heterocycles. The highest BCUT2D eigenvalue weighted by molar-refractivity contribution is 5.25. The van der Waals surface area contributed by atoms with Gasteiger partial charge >= 0.3 is 0 Å². The van der Waals surface area contributed by atoms with Gasteiger partial charge in [0.1, 0.15) is 0 Å². The predicted octanol–water partition coefficient (Wildman–Crippen LogP) is 3.29. The zero-order valence-corrected chi connectivity index (χ0v) is 9.88. The Hall–Kier alpha value is -0.560. The van der Waals surface area contributed by atoms with Crippen LogP contribution in [0.4, 0.5) is 0 Å². The largest absolute Gasteiger partial charge is 0.308 e. The lowest BCUT2D eigenvalue weighted by atomic mass is 9.96. The lowest BCUT2D eigenvalue weighted by Gasteiger charge is -2.20. The summed E-state index contributed by atoms with van der Waals surface area (Å²) >= 11 is 0. The minimum atomic E-state index is 0.547. The first-order valence-corrected chi connectivity index (χ1v) is 5.71. The quantitative estimate of drug-likeness (QED) is 0.722. The minimum absolute atomic E-state index is 0.547. The molecule has 0 saturated heterocycles. The average Bonchev–Trinajstić information content (AvgIpc) is 2.06. The molecule has 1 rings (SSSR count). The fraction of sp³-hybridized carbons (Fsp3) is 0.692. The second-order valence-corrected chi connectivity index (χ2v) is 4.90. The third kappa shape index (κ3) is 4.10. The van der Waals surface area contributed by atoms with Gasteiger partial charge in [0.05, 0.1) is 0 Å². The van der Waals surface area contributed by atoms with Gasteiger partial charge < -0.3 is 5.32 Å². The molecule has 0 fully saturated rings. The third-order valence-electron chi connectivity index (χ3n) is 2.37. The summed E-state index contributed by atoms with van der Waals surface area (Å²) in [5.41, 5.74) is 1.50. The van der Waals surface area contributed by atoms with E-state index < -0.39 is 0 Å². The average molecular weight is 193 g/mol. The zero-order chi connectivity index (χ0) is 10.6. The van der Waals surface area contributed by atoms with Gasteiger partial charge in [-0.25, -0.2) is 0 Å². The monoisotopic (exact) mass is 193 g/mol. The van der Waals surface area contributed by atoms with Crippen LogP contribution in [0.25, 0.3) is 0 Å². The van der Waals surface area contributed by atoms with Crippen molar-refractivity contribution in [3.8, 4) is 0 Å². The molecule has 1 aliphatic rings. The van der Waals surface area contributed by atoms with E-state index in [2.05, 4.69) is 51.2 Å². The van der Waals surface area contributed by atoms with Crippen LogP contribution in [-0.4, -0.2) is 12.1 Å². The van der Waals surface area contributed by atoms with Crippen LogP contribution in [0, 0.1) is 5.92 Å². The Morgan fingerprint density at radius 3 is 2.50 bits per heavy atom. The van der Waals surface area contributed by atoms with E-state index in [0.717, 1.165) is 12.3 Å². The summed E-state index contributed by atoms with van der Waals surface area (Å²) in [5.74, 6) is 0.764. The van der Waals surface area contributed by atoms with E-state index in [1.165, 1.54) is 12.0 Å². The molecule has 1 N–H and O–H groups in total. The van der Waals surface area contributed by atoms with Crippen LogP contribution in [-0.2, 0) is 0 Å². The van der Waals surface area contributed by atoms with E-state index in [1.807, 2.05) is 0 Å². The molecule has 0 aliphatic heterocycles. The summed E-state index contributed by atoms with van der Waals surface area (Å²) in [4.78, 5) is 0. The fourth-order valence-corrected chi connectivity index (χ4v) is 1.84. The molecule has 80 valence electrons. The molecule has 1 aliphatic carbocycles. The van der Waals surface area contributed by atoms with Gasteiger partial charge in [-0.3, -0.25) is 0 Å². The Balaban J connectivity index is 2.37. The van der Waals surface area contributed by atoms with Crippen LogP contribution in [0.15, 0.2) is 23.8 Å². The number of hydrogen-bond acceptors (Lipinski definition) is 1. The van der Waals surface area contributed by atoms with E-state index in [1.54, 1.807) is 0 Å². The second-order valence-electron chi connectivity index (χ2n) is 4.90. The van der Waals surface area contributed by atoms with Gasteiger partial charge in [-0.15, -0.1) is 0 Å². The van der Waals surface area contributed by atoms with E-state index in [9.17, 15) is 0 Å². The first kappa shape index (κ1) is 11.5. The van der Waals surface area contributed by atoms with Gasteiger partial charge in [0.15, 0.2) is 0 Å². The number of rotatable bonds is 4. The lowest BCUT2D eigenvalue weighted by Crippen LogP contribution is -2.33. The summed E-state index contributed by atoms with van der Waals surface area (Å²) in [6, 6.07) is 1.12. The van der Waals surface area contributed by atoms with Crippen molar-refractivity contribution in [2.45, 2.75) is 52.6 Å². The van der Waals surface area contributed by atoms with Gasteiger partial charge in [0.25, 0.3) is 0 Å². The number of allylic oxidation sites excluding steroid dienone is 2. The van der Waals surface area contributed by atoms with Crippen molar-refractivity contribution < 1.29 is 0 Å². The SMILES string of the molecule is CC(C)CC1=CCC(NC(C)C)C=C1. The Kier molecular flexibility index (Phi) is 4.40. The van der Waals surface area contributed by atoms with E-state index in [4.69, 9.17) is 0 Å². The van der Waals surface area contributed by atoms with Crippen molar-refractivity contribution in [2.75, 3.05) is 0 Å². The van der Waals surface area contributed by atoms with Gasteiger partial charge in [0.2, 0.25) is 0 Å². The molecule has 1 nitrogen and oxygen atoms in total. The maximum atomic E-state index is 3.52. The molecule has 0 bridgehead atoms. The molecule has 0 radical (unpaired) electrons. The fourth-order valence-electron chi connectivity index (χ4n) is 1.84. The first-order valence-electron chi connectivity index (χ1n) is 5.71. The molecule has 0 aromatic rings. The Morgan fingerprint density at radius 1 is 1.36 bits per heavy atom. The van der Waals surface area contributed by atoms with E-state index in [-0.39, 0.29) is 0 Å². The molecule has 14 heavy (non-hydrogen) atoms. The van der Waals surface area contributed by atoms with Gasteiger partial charge in [-0.05, 0) is 18.8 Å². The minimum Gasteiger partial charge on any atom is -0.308 e. The van der Waals surface area contributed by atoms with Crippen LogP contribution < -0.4 is 5.32 Å². The van der Waals surface area contributed by atoms with Crippen molar-refractivity contribution in [3.05, 3.63) is 23.8 Å². The second kappa shape index (κ2) is 5.35. The van der Waals surface area contributed by atoms with Crippen LogP contribution in [0.5, 0.6) is 0 Å². The van der Waals surface area contributed by atoms with Crippen molar-refractivity contribution in [3.63, 3.8) is 0 Å².